The van der Waals surface area contributed by atoms with Crippen LogP contribution in [0.4, 0.5) is 11.5 Å². The van der Waals surface area contributed by atoms with E-state index in [9.17, 15) is 10.1 Å². The van der Waals surface area contributed by atoms with E-state index in [1.165, 1.54) is 12.1 Å². The van der Waals surface area contributed by atoms with Gasteiger partial charge in [-0.1, -0.05) is 0 Å². The first-order valence-corrected chi connectivity index (χ1v) is 7.48. The van der Waals surface area contributed by atoms with E-state index in [0.717, 1.165) is 23.3 Å². The molecule has 1 aromatic heterocycles. The fourth-order valence-electron chi connectivity index (χ4n) is 1.70. The monoisotopic (exact) mass is 291 g/mol. The molecule has 0 aliphatic heterocycles. The van der Waals surface area contributed by atoms with Crippen molar-refractivity contribution in [2.45, 2.75) is 18.6 Å². The molecule has 20 heavy (non-hydrogen) atoms. The normalized spacial score (nSPS) is 11.6. The van der Waals surface area contributed by atoms with E-state index >= 15 is 0 Å². The van der Waals surface area contributed by atoms with Crippen LogP contribution in [-0.4, -0.2) is 27.5 Å². The van der Waals surface area contributed by atoms with Crippen LogP contribution >= 0.6 is 11.8 Å². The highest BCUT2D eigenvalue weighted by Gasteiger charge is 2.15. The van der Waals surface area contributed by atoms with Crippen LogP contribution in [-0.2, 0) is 0 Å². The average molecular weight is 291 g/mol. The number of nitrogens with zero attached hydrogens (tertiary/aromatic N) is 2. The van der Waals surface area contributed by atoms with Gasteiger partial charge in [0.05, 0.1) is 10.4 Å². The summed E-state index contributed by atoms with van der Waals surface area (Å²) < 4.78 is 0.131. The number of fused-ring (bicyclic) bond motifs is 1. The maximum atomic E-state index is 10.7. The molecule has 106 valence electrons. The molecule has 1 N–H and O–H groups in total. The Balaban J connectivity index is 2.22. The number of nitrogens with one attached hydrogen (secondary N) is 1. The quantitative estimate of drug-likeness (QED) is 0.672. The summed E-state index contributed by atoms with van der Waals surface area (Å²) in [5, 5.41) is 14.8. The number of nitro benzene ring substituents is 1. The lowest BCUT2D eigenvalue weighted by Gasteiger charge is -2.22. The summed E-state index contributed by atoms with van der Waals surface area (Å²) in [6, 6.07) is 8.40. The number of pyridine rings is 1. The second-order valence-corrected chi connectivity index (χ2v) is 6.66. The molecule has 5 nitrogen and oxygen atoms in total. The Morgan fingerprint density at radius 1 is 1.35 bits per heavy atom. The van der Waals surface area contributed by atoms with E-state index in [2.05, 4.69) is 30.4 Å². The van der Waals surface area contributed by atoms with Crippen LogP contribution in [0.2, 0.25) is 0 Å². The molecule has 1 heterocycles. The number of benzene rings is 1. The minimum atomic E-state index is -0.396. The third-order valence-corrected chi connectivity index (χ3v) is 4.38. The molecule has 0 atom stereocenters. The third-order valence-electron chi connectivity index (χ3n) is 3.13. The fraction of sp³-hybridized carbons (Fsp3) is 0.357. The SMILES string of the molecule is CSC(C)(C)CNc1ccc2cc([N+](=O)[O-])ccc2n1. The molecular weight excluding hydrogens is 274 g/mol. The molecule has 0 bridgehead atoms. The molecule has 0 unspecified atom stereocenters. The second kappa shape index (κ2) is 5.66. The average Bonchev–Trinajstić information content (AvgIpc) is 2.44. The molecule has 2 rings (SSSR count). The van der Waals surface area contributed by atoms with Gasteiger partial charge in [-0.25, -0.2) is 4.98 Å². The van der Waals surface area contributed by atoms with Crippen molar-refractivity contribution >= 4 is 34.2 Å². The number of rotatable bonds is 5. The lowest BCUT2D eigenvalue weighted by Crippen LogP contribution is -2.26. The summed E-state index contributed by atoms with van der Waals surface area (Å²) >= 11 is 1.79. The van der Waals surface area contributed by atoms with E-state index < -0.39 is 4.92 Å². The minimum Gasteiger partial charge on any atom is -0.369 e. The van der Waals surface area contributed by atoms with Crippen LogP contribution in [0.15, 0.2) is 30.3 Å². The van der Waals surface area contributed by atoms with E-state index in [1.54, 1.807) is 17.8 Å². The highest BCUT2D eigenvalue weighted by Crippen LogP contribution is 2.23. The molecule has 0 fully saturated rings. The largest absolute Gasteiger partial charge is 0.369 e. The van der Waals surface area contributed by atoms with Crippen molar-refractivity contribution in [2.75, 3.05) is 18.1 Å². The molecule has 0 saturated carbocycles. The fourth-order valence-corrected chi connectivity index (χ4v) is 1.92. The van der Waals surface area contributed by atoms with Gasteiger partial charge in [-0.15, -0.1) is 0 Å². The maximum Gasteiger partial charge on any atom is 0.270 e. The van der Waals surface area contributed by atoms with Crippen LogP contribution in [0.1, 0.15) is 13.8 Å². The third kappa shape index (κ3) is 3.39. The van der Waals surface area contributed by atoms with Crippen molar-refractivity contribution in [2.24, 2.45) is 0 Å². The molecular formula is C14H17N3O2S. The Morgan fingerprint density at radius 3 is 2.75 bits per heavy atom. The zero-order valence-electron chi connectivity index (χ0n) is 11.7. The zero-order valence-corrected chi connectivity index (χ0v) is 12.5. The number of thioether (sulfide) groups is 1. The van der Waals surface area contributed by atoms with Crippen molar-refractivity contribution in [1.29, 1.82) is 0 Å². The van der Waals surface area contributed by atoms with Crippen LogP contribution in [0.3, 0.4) is 0 Å². The summed E-state index contributed by atoms with van der Waals surface area (Å²) in [6.45, 7) is 5.13. The number of nitro groups is 1. The smallest absolute Gasteiger partial charge is 0.270 e. The Bertz CT molecular complexity index is 643. The summed E-state index contributed by atoms with van der Waals surface area (Å²) in [4.78, 5) is 14.8. The van der Waals surface area contributed by atoms with Crippen molar-refractivity contribution in [3.8, 4) is 0 Å². The van der Waals surface area contributed by atoms with Crippen molar-refractivity contribution in [3.63, 3.8) is 0 Å². The summed E-state index contributed by atoms with van der Waals surface area (Å²) in [6.07, 6.45) is 2.08. The van der Waals surface area contributed by atoms with Gasteiger partial charge in [0, 0.05) is 28.8 Å². The predicted octanol–water partition coefficient (Wildman–Crippen LogP) is 3.70. The van der Waals surface area contributed by atoms with Crippen LogP contribution < -0.4 is 5.32 Å². The molecule has 0 aliphatic rings. The van der Waals surface area contributed by atoms with Crippen LogP contribution in [0.5, 0.6) is 0 Å². The van der Waals surface area contributed by atoms with Gasteiger partial charge in [-0.2, -0.15) is 11.8 Å². The highest BCUT2D eigenvalue weighted by atomic mass is 32.2. The lowest BCUT2D eigenvalue weighted by molar-refractivity contribution is -0.384. The molecule has 6 heteroatoms. The van der Waals surface area contributed by atoms with Gasteiger partial charge in [0.15, 0.2) is 0 Å². The summed E-state index contributed by atoms with van der Waals surface area (Å²) in [5.41, 5.74) is 0.839. The molecule has 0 radical (unpaired) electrons. The zero-order chi connectivity index (χ0) is 14.8. The molecule has 2 aromatic rings. The van der Waals surface area contributed by atoms with E-state index in [0.29, 0.717) is 0 Å². The van der Waals surface area contributed by atoms with Gasteiger partial charge in [-0.3, -0.25) is 10.1 Å². The van der Waals surface area contributed by atoms with Gasteiger partial charge in [0.25, 0.3) is 5.69 Å². The predicted molar refractivity (Wildman–Crippen MR) is 84.5 cm³/mol. The van der Waals surface area contributed by atoms with Gasteiger partial charge < -0.3 is 5.32 Å². The summed E-state index contributed by atoms with van der Waals surface area (Å²) in [5.74, 6) is 0.786. The molecule has 1 aromatic carbocycles. The van der Waals surface area contributed by atoms with Crippen LogP contribution in [0.25, 0.3) is 10.9 Å². The summed E-state index contributed by atoms with van der Waals surface area (Å²) in [7, 11) is 0. The van der Waals surface area contributed by atoms with Gasteiger partial charge in [-0.05, 0) is 38.3 Å². The van der Waals surface area contributed by atoms with Gasteiger partial charge >= 0.3 is 0 Å². The Hall–Kier alpha value is -1.82. The first-order chi connectivity index (χ1) is 9.41. The van der Waals surface area contributed by atoms with E-state index in [4.69, 9.17) is 0 Å². The second-order valence-electron chi connectivity index (χ2n) is 5.15. The van der Waals surface area contributed by atoms with Crippen LogP contribution in [0, 0.1) is 10.1 Å². The molecule has 0 saturated heterocycles. The standard InChI is InChI=1S/C14H17N3O2S/c1-14(2,20-3)9-15-13-7-4-10-8-11(17(18)19)5-6-12(10)16-13/h4-8H,9H2,1-3H3,(H,15,16). The lowest BCUT2D eigenvalue weighted by atomic mass is 10.2. The number of non-ortho nitro benzene ring substituents is 1. The number of aromatic nitrogens is 1. The van der Waals surface area contributed by atoms with E-state index in [-0.39, 0.29) is 10.4 Å². The Morgan fingerprint density at radius 2 is 2.10 bits per heavy atom. The number of hydrogen-bond donors (Lipinski definition) is 1. The first-order valence-electron chi connectivity index (χ1n) is 6.25. The van der Waals surface area contributed by atoms with Crippen molar-refractivity contribution in [3.05, 3.63) is 40.4 Å². The number of anilines is 1. The van der Waals surface area contributed by atoms with E-state index in [1.807, 2.05) is 12.1 Å². The van der Waals surface area contributed by atoms with Gasteiger partial charge in [0.2, 0.25) is 0 Å². The Kier molecular flexibility index (Phi) is 4.13. The minimum absolute atomic E-state index is 0.0866. The Labute approximate surface area is 121 Å². The topological polar surface area (TPSA) is 68.1 Å². The molecule has 0 aliphatic carbocycles. The van der Waals surface area contributed by atoms with Crippen molar-refractivity contribution in [1.82, 2.24) is 4.98 Å². The molecule has 0 spiro atoms. The first kappa shape index (κ1) is 14.6. The molecule has 0 amide bonds. The van der Waals surface area contributed by atoms with Crippen molar-refractivity contribution < 1.29 is 4.92 Å². The maximum absolute atomic E-state index is 10.7. The highest BCUT2D eigenvalue weighted by molar-refractivity contribution is 7.99. The van der Waals surface area contributed by atoms with Gasteiger partial charge in [0.1, 0.15) is 5.82 Å². The number of hydrogen-bond acceptors (Lipinski definition) is 5.